The zero-order valence-corrected chi connectivity index (χ0v) is 15.1. The van der Waals surface area contributed by atoms with Crippen LogP contribution >= 0.6 is 0 Å². The third-order valence-corrected chi connectivity index (χ3v) is 4.86. The minimum absolute atomic E-state index is 0.0149. The third-order valence-electron chi connectivity index (χ3n) is 4.86. The molecule has 2 aromatic heterocycles. The summed E-state index contributed by atoms with van der Waals surface area (Å²) in [4.78, 5) is 10.5. The van der Waals surface area contributed by atoms with E-state index in [1.165, 1.54) is 16.5 Å². The second-order valence-electron chi connectivity index (χ2n) is 7.74. The molecule has 0 saturated carbocycles. The molecule has 0 bridgehead atoms. The summed E-state index contributed by atoms with van der Waals surface area (Å²) in [5.74, 6) is 0.754. The minimum Gasteiger partial charge on any atom is -0.447 e. The third kappa shape index (κ3) is 3.22. The van der Waals surface area contributed by atoms with E-state index in [1.807, 2.05) is 0 Å². The number of H-pyrrole nitrogens is 1. The maximum atomic E-state index is 5.83. The molecule has 0 spiro atoms. The van der Waals surface area contributed by atoms with Crippen molar-refractivity contribution < 1.29 is 9.15 Å². The fourth-order valence-electron chi connectivity index (χ4n) is 3.32. The van der Waals surface area contributed by atoms with Crippen LogP contribution in [0, 0.1) is 0 Å². The molecule has 5 nitrogen and oxygen atoms in total. The van der Waals surface area contributed by atoms with Crippen LogP contribution in [0.1, 0.15) is 44.0 Å². The highest BCUT2D eigenvalue weighted by molar-refractivity contribution is 5.82. The smallest absolute Gasteiger partial charge is 0.214 e. The Kier molecular flexibility index (Phi) is 4.13. The summed E-state index contributed by atoms with van der Waals surface area (Å²) >= 11 is 0. The molecule has 1 atom stereocenters. The molecule has 0 radical (unpaired) electrons. The molecule has 132 valence electrons. The van der Waals surface area contributed by atoms with Crippen molar-refractivity contribution in [3.63, 3.8) is 0 Å². The highest BCUT2D eigenvalue weighted by atomic mass is 16.5. The van der Waals surface area contributed by atoms with Crippen molar-refractivity contribution in [3.8, 4) is 0 Å². The lowest BCUT2D eigenvalue weighted by Crippen LogP contribution is -2.39. The Morgan fingerprint density at radius 2 is 2.12 bits per heavy atom. The zero-order chi connectivity index (χ0) is 17.4. The summed E-state index contributed by atoms with van der Waals surface area (Å²) in [7, 11) is 0. The van der Waals surface area contributed by atoms with E-state index < -0.39 is 0 Å². The van der Waals surface area contributed by atoms with Crippen LogP contribution in [0.15, 0.2) is 41.1 Å². The molecule has 1 aromatic carbocycles. The van der Waals surface area contributed by atoms with Gasteiger partial charge in [-0.2, -0.15) is 0 Å². The van der Waals surface area contributed by atoms with Gasteiger partial charge in [-0.25, -0.2) is 4.98 Å². The van der Waals surface area contributed by atoms with E-state index in [4.69, 9.17) is 14.1 Å². The molecule has 1 aliphatic rings. The van der Waals surface area contributed by atoms with Gasteiger partial charge in [0.05, 0.1) is 18.9 Å². The average molecular weight is 339 g/mol. The SMILES string of the molecule is CC(C)(C)c1coc([C@@H]2COCCN2Cc2c[nH]c3ccccc23)n1. The van der Waals surface area contributed by atoms with Crippen molar-refractivity contribution >= 4 is 10.9 Å². The van der Waals surface area contributed by atoms with Crippen LogP contribution < -0.4 is 0 Å². The van der Waals surface area contributed by atoms with Crippen LogP contribution in [-0.2, 0) is 16.7 Å². The first-order chi connectivity index (χ1) is 12.0. The number of benzene rings is 1. The number of nitrogens with one attached hydrogen (secondary N) is 1. The molecular formula is C20H25N3O2. The molecule has 4 rings (SSSR count). The van der Waals surface area contributed by atoms with Gasteiger partial charge in [-0.15, -0.1) is 0 Å². The topological polar surface area (TPSA) is 54.3 Å². The molecule has 0 unspecified atom stereocenters. The average Bonchev–Trinajstić information content (AvgIpc) is 3.23. The quantitative estimate of drug-likeness (QED) is 0.783. The molecule has 5 heteroatoms. The number of ether oxygens (including phenoxy) is 1. The van der Waals surface area contributed by atoms with Gasteiger partial charge in [0.15, 0.2) is 0 Å². The predicted molar refractivity (Wildman–Crippen MR) is 97.5 cm³/mol. The van der Waals surface area contributed by atoms with Gasteiger partial charge in [-0.1, -0.05) is 39.0 Å². The highest BCUT2D eigenvalue weighted by Crippen LogP contribution is 2.30. The fraction of sp³-hybridized carbons (Fsp3) is 0.450. The van der Waals surface area contributed by atoms with E-state index >= 15 is 0 Å². The van der Waals surface area contributed by atoms with E-state index in [2.05, 4.69) is 61.1 Å². The van der Waals surface area contributed by atoms with Crippen LogP contribution in [0.3, 0.4) is 0 Å². The van der Waals surface area contributed by atoms with Crippen molar-refractivity contribution in [1.29, 1.82) is 0 Å². The summed E-state index contributed by atoms with van der Waals surface area (Å²) in [5, 5.41) is 1.27. The standard InChI is InChI=1S/C20H25N3O2/c1-20(2,3)18-13-25-19(22-18)17-12-24-9-8-23(17)11-14-10-21-16-7-5-4-6-15(14)16/h4-7,10,13,17,21H,8-9,11-12H2,1-3H3/t17-/m0/s1. The second-order valence-corrected chi connectivity index (χ2v) is 7.74. The molecular weight excluding hydrogens is 314 g/mol. The Labute approximate surface area is 148 Å². The zero-order valence-electron chi connectivity index (χ0n) is 15.1. The Bertz CT molecular complexity index is 859. The predicted octanol–water partition coefficient (Wildman–Crippen LogP) is 4.03. The van der Waals surface area contributed by atoms with E-state index in [1.54, 1.807) is 6.26 Å². The first kappa shape index (κ1) is 16.4. The minimum atomic E-state index is -0.0149. The maximum absolute atomic E-state index is 5.83. The van der Waals surface area contributed by atoms with Gasteiger partial charge >= 0.3 is 0 Å². The number of fused-ring (bicyclic) bond motifs is 1. The van der Waals surface area contributed by atoms with Gasteiger partial charge in [0, 0.05) is 35.6 Å². The lowest BCUT2D eigenvalue weighted by Gasteiger charge is -2.33. The van der Waals surface area contributed by atoms with Crippen LogP contribution in [0.2, 0.25) is 0 Å². The number of oxazole rings is 1. The number of aromatic nitrogens is 2. The monoisotopic (exact) mass is 339 g/mol. The van der Waals surface area contributed by atoms with Crippen LogP contribution in [0.25, 0.3) is 10.9 Å². The number of morpholine rings is 1. The van der Waals surface area contributed by atoms with E-state index in [-0.39, 0.29) is 11.5 Å². The summed E-state index contributed by atoms with van der Waals surface area (Å²) in [6, 6.07) is 8.47. The van der Waals surface area contributed by atoms with Gasteiger partial charge in [0.1, 0.15) is 12.3 Å². The van der Waals surface area contributed by atoms with Crippen molar-refractivity contribution in [2.75, 3.05) is 19.8 Å². The number of hydrogen-bond acceptors (Lipinski definition) is 4. The fourth-order valence-corrected chi connectivity index (χ4v) is 3.32. The summed E-state index contributed by atoms with van der Waals surface area (Å²) in [6.45, 7) is 9.53. The molecule has 0 aliphatic carbocycles. The summed E-state index contributed by atoms with van der Waals surface area (Å²) in [5.41, 5.74) is 3.44. The number of para-hydroxylation sites is 1. The van der Waals surface area contributed by atoms with Crippen molar-refractivity contribution in [3.05, 3.63) is 53.9 Å². The molecule has 1 N–H and O–H groups in total. The molecule has 1 aliphatic heterocycles. The van der Waals surface area contributed by atoms with Crippen molar-refractivity contribution in [1.82, 2.24) is 14.9 Å². The molecule has 0 amide bonds. The van der Waals surface area contributed by atoms with Crippen molar-refractivity contribution in [2.45, 2.75) is 38.8 Å². The number of aromatic amines is 1. The Morgan fingerprint density at radius 3 is 2.92 bits per heavy atom. The van der Waals surface area contributed by atoms with E-state index in [0.29, 0.717) is 6.61 Å². The highest BCUT2D eigenvalue weighted by Gasteiger charge is 2.30. The lowest BCUT2D eigenvalue weighted by molar-refractivity contribution is -0.0221. The molecule has 1 saturated heterocycles. The van der Waals surface area contributed by atoms with E-state index in [9.17, 15) is 0 Å². The molecule has 3 aromatic rings. The van der Waals surface area contributed by atoms with Crippen LogP contribution in [0.5, 0.6) is 0 Å². The van der Waals surface area contributed by atoms with Gasteiger partial charge < -0.3 is 14.1 Å². The molecule has 3 heterocycles. The molecule has 1 fully saturated rings. The van der Waals surface area contributed by atoms with Gasteiger partial charge in [-0.3, -0.25) is 4.90 Å². The van der Waals surface area contributed by atoms with Crippen molar-refractivity contribution in [2.24, 2.45) is 0 Å². The van der Waals surface area contributed by atoms with Crippen LogP contribution in [0.4, 0.5) is 0 Å². The number of rotatable bonds is 3. The first-order valence-corrected chi connectivity index (χ1v) is 8.85. The number of nitrogens with zero attached hydrogens (tertiary/aromatic N) is 2. The first-order valence-electron chi connectivity index (χ1n) is 8.85. The Hall–Kier alpha value is -2.11. The Balaban J connectivity index is 1.60. The second kappa shape index (κ2) is 6.32. The molecule has 25 heavy (non-hydrogen) atoms. The van der Waals surface area contributed by atoms with Gasteiger partial charge in [0.2, 0.25) is 5.89 Å². The summed E-state index contributed by atoms with van der Waals surface area (Å²) in [6.07, 6.45) is 3.89. The van der Waals surface area contributed by atoms with Crippen LogP contribution in [-0.4, -0.2) is 34.6 Å². The van der Waals surface area contributed by atoms with Gasteiger partial charge in [0.25, 0.3) is 0 Å². The van der Waals surface area contributed by atoms with E-state index in [0.717, 1.165) is 31.3 Å². The normalized spacial score (nSPS) is 19.6. The lowest BCUT2D eigenvalue weighted by atomic mass is 9.93. The number of hydrogen-bond donors (Lipinski definition) is 1. The summed E-state index contributed by atoms with van der Waals surface area (Å²) < 4.78 is 11.5. The largest absolute Gasteiger partial charge is 0.447 e. The Morgan fingerprint density at radius 1 is 1.28 bits per heavy atom. The van der Waals surface area contributed by atoms with Gasteiger partial charge in [-0.05, 0) is 11.6 Å². The maximum Gasteiger partial charge on any atom is 0.214 e.